The predicted molar refractivity (Wildman–Crippen MR) is 82.4 cm³/mol. The molecule has 116 valence electrons. The third kappa shape index (κ3) is 2.81. The van der Waals surface area contributed by atoms with Crippen molar-refractivity contribution in [1.29, 1.82) is 0 Å². The average molecular weight is 302 g/mol. The van der Waals surface area contributed by atoms with Gasteiger partial charge in [0.1, 0.15) is 5.82 Å². The number of fused-ring (bicyclic) bond motifs is 1. The lowest BCUT2D eigenvalue weighted by molar-refractivity contribution is -0.0586. The lowest BCUT2D eigenvalue weighted by Gasteiger charge is -2.35. The molecule has 0 saturated carbocycles. The number of carbonyl (C=O) groups is 1. The maximum Gasteiger partial charge on any atom is 0.255 e. The van der Waals surface area contributed by atoms with Crippen LogP contribution in [0.3, 0.4) is 0 Å². The Bertz CT molecular complexity index is 722. The van der Waals surface area contributed by atoms with E-state index in [1.807, 2.05) is 13.8 Å². The van der Waals surface area contributed by atoms with E-state index in [1.54, 1.807) is 24.0 Å². The van der Waals surface area contributed by atoms with Crippen molar-refractivity contribution in [2.24, 2.45) is 0 Å². The summed E-state index contributed by atoms with van der Waals surface area (Å²) in [6, 6.07) is 6.21. The van der Waals surface area contributed by atoms with Crippen molar-refractivity contribution in [1.82, 2.24) is 9.88 Å². The number of nitrogens with zero attached hydrogens (tertiary/aromatic N) is 2. The van der Waals surface area contributed by atoms with Gasteiger partial charge in [0, 0.05) is 24.5 Å². The number of rotatable bonds is 1. The molecular formula is C17H19FN2O2. The van der Waals surface area contributed by atoms with Crippen LogP contribution in [0.4, 0.5) is 4.39 Å². The number of benzene rings is 1. The van der Waals surface area contributed by atoms with Crippen LogP contribution in [0.2, 0.25) is 0 Å². The minimum absolute atomic E-state index is 0.0236. The first-order valence-electron chi connectivity index (χ1n) is 7.45. The number of ether oxygens (including phenoxy) is 1. The third-order valence-electron chi connectivity index (χ3n) is 3.91. The van der Waals surface area contributed by atoms with E-state index in [2.05, 4.69) is 4.98 Å². The number of carbonyl (C=O) groups excluding carboxylic acids is 1. The average Bonchev–Trinajstić information content (AvgIpc) is 2.44. The summed E-state index contributed by atoms with van der Waals surface area (Å²) in [7, 11) is 0. The van der Waals surface area contributed by atoms with Crippen molar-refractivity contribution < 1.29 is 13.9 Å². The lowest BCUT2D eigenvalue weighted by atomic mass is 10.1. The maximum atomic E-state index is 13.3. The normalized spacial score (nSPS) is 22.1. The molecule has 3 rings (SSSR count). The molecule has 0 spiro atoms. The smallest absolute Gasteiger partial charge is 0.255 e. The molecule has 2 atom stereocenters. The van der Waals surface area contributed by atoms with Gasteiger partial charge in [-0.25, -0.2) is 4.39 Å². The number of amides is 1. The summed E-state index contributed by atoms with van der Waals surface area (Å²) in [5.74, 6) is -0.368. The van der Waals surface area contributed by atoms with Crippen molar-refractivity contribution in [3.63, 3.8) is 0 Å². The van der Waals surface area contributed by atoms with Crippen molar-refractivity contribution in [3.05, 3.63) is 41.3 Å². The molecule has 1 fully saturated rings. The molecule has 2 aromatic rings. The minimum atomic E-state index is -0.325. The number of hydrogen-bond donors (Lipinski definition) is 0. The van der Waals surface area contributed by atoms with E-state index in [0.717, 1.165) is 5.39 Å². The maximum absolute atomic E-state index is 13.3. The van der Waals surface area contributed by atoms with Gasteiger partial charge in [-0.2, -0.15) is 0 Å². The number of aromatic nitrogens is 1. The summed E-state index contributed by atoms with van der Waals surface area (Å²) in [4.78, 5) is 19.0. The van der Waals surface area contributed by atoms with Gasteiger partial charge in [-0.05, 0) is 39.0 Å². The Morgan fingerprint density at radius 3 is 2.64 bits per heavy atom. The molecule has 1 saturated heterocycles. The zero-order valence-corrected chi connectivity index (χ0v) is 13.0. The summed E-state index contributed by atoms with van der Waals surface area (Å²) in [6.45, 7) is 6.85. The van der Waals surface area contributed by atoms with E-state index in [4.69, 9.17) is 4.74 Å². The van der Waals surface area contributed by atoms with E-state index in [0.29, 0.717) is 29.9 Å². The first kappa shape index (κ1) is 14.9. The van der Waals surface area contributed by atoms with Crippen LogP contribution in [0.5, 0.6) is 0 Å². The number of morpholine rings is 1. The molecule has 1 amide bonds. The SMILES string of the molecule is Cc1nc2cc(F)ccc2cc1C(=O)N1C[C@H](C)O[C@@H](C)C1. The first-order chi connectivity index (χ1) is 10.4. The molecule has 0 radical (unpaired) electrons. The molecular weight excluding hydrogens is 283 g/mol. The van der Waals surface area contributed by atoms with Crippen molar-refractivity contribution in [2.75, 3.05) is 13.1 Å². The second-order valence-corrected chi connectivity index (χ2v) is 5.93. The van der Waals surface area contributed by atoms with Crippen LogP contribution in [0.1, 0.15) is 29.9 Å². The summed E-state index contributed by atoms with van der Waals surface area (Å²) >= 11 is 0. The zero-order chi connectivity index (χ0) is 15.9. The molecule has 4 nitrogen and oxygen atoms in total. The quantitative estimate of drug-likeness (QED) is 0.813. The molecule has 22 heavy (non-hydrogen) atoms. The predicted octanol–water partition coefficient (Wildman–Crippen LogP) is 2.93. The first-order valence-corrected chi connectivity index (χ1v) is 7.45. The number of pyridine rings is 1. The fraction of sp³-hybridized carbons (Fsp3) is 0.412. The number of halogens is 1. The molecule has 1 aromatic carbocycles. The summed E-state index contributed by atoms with van der Waals surface area (Å²) < 4.78 is 18.9. The summed E-state index contributed by atoms with van der Waals surface area (Å²) in [5, 5.41) is 0.768. The highest BCUT2D eigenvalue weighted by atomic mass is 19.1. The Hall–Kier alpha value is -2.01. The van der Waals surface area contributed by atoms with E-state index < -0.39 is 0 Å². The van der Waals surface area contributed by atoms with Gasteiger partial charge in [0.15, 0.2) is 0 Å². The van der Waals surface area contributed by atoms with Crippen LogP contribution in [0.25, 0.3) is 10.9 Å². The second-order valence-electron chi connectivity index (χ2n) is 5.93. The van der Waals surface area contributed by atoms with E-state index >= 15 is 0 Å². The third-order valence-corrected chi connectivity index (χ3v) is 3.91. The van der Waals surface area contributed by atoms with Crippen LogP contribution < -0.4 is 0 Å². The molecule has 1 aromatic heterocycles. The van der Waals surface area contributed by atoms with Crippen molar-refractivity contribution in [2.45, 2.75) is 33.0 Å². The Labute approximate surface area is 128 Å². The van der Waals surface area contributed by atoms with Gasteiger partial charge in [0.2, 0.25) is 0 Å². The molecule has 2 heterocycles. The number of hydrogen-bond acceptors (Lipinski definition) is 3. The molecule has 1 aliphatic rings. The van der Waals surface area contributed by atoms with E-state index in [1.165, 1.54) is 12.1 Å². The largest absolute Gasteiger partial charge is 0.372 e. The Morgan fingerprint density at radius 1 is 1.27 bits per heavy atom. The monoisotopic (exact) mass is 302 g/mol. The minimum Gasteiger partial charge on any atom is -0.372 e. The Balaban J connectivity index is 1.96. The van der Waals surface area contributed by atoms with Gasteiger partial charge in [-0.15, -0.1) is 0 Å². The molecule has 5 heteroatoms. The van der Waals surface area contributed by atoms with Gasteiger partial charge in [-0.1, -0.05) is 0 Å². The van der Waals surface area contributed by atoms with Crippen LogP contribution in [-0.4, -0.2) is 41.1 Å². The van der Waals surface area contributed by atoms with E-state index in [9.17, 15) is 9.18 Å². The van der Waals surface area contributed by atoms with Crippen LogP contribution >= 0.6 is 0 Å². The van der Waals surface area contributed by atoms with Crippen molar-refractivity contribution >= 4 is 16.8 Å². The zero-order valence-electron chi connectivity index (χ0n) is 13.0. The topological polar surface area (TPSA) is 42.4 Å². The highest BCUT2D eigenvalue weighted by molar-refractivity contribution is 5.98. The lowest BCUT2D eigenvalue weighted by Crippen LogP contribution is -2.48. The van der Waals surface area contributed by atoms with Gasteiger partial charge in [0.25, 0.3) is 5.91 Å². The van der Waals surface area contributed by atoms with Gasteiger partial charge < -0.3 is 9.64 Å². The molecule has 0 bridgehead atoms. The Kier molecular flexibility index (Phi) is 3.83. The summed E-state index contributed by atoms with van der Waals surface area (Å²) in [6.07, 6.45) is 0.0473. The molecule has 1 aliphatic heterocycles. The fourth-order valence-corrected chi connectivity index (χ4v) is 2.97. The van der Waals surface area contributed by atoms with Crippen LogP contribution in [0.15, 0.2) is 24.3 Å². The summed E-state index contributed by atoms with van der Waals surface area (Å²) in [5.41, 5.74) is 1.76. The standard InChI is InChI=1S/C17H19FN2O2/c1-10-8-20(9-11(2)22-10)17(21)15-6-13-4-5-14(18)7-16(13)19-12(15)3/h4-7,10-11H,8-9H2,1-3H3/t10-,11-/m0/s1. The van der Waals surface area contributed by atoms with Gasteiger partial charge in [-0.3, -0.25) is 9.78 Å². The molecule has 0 unspecified atom stereocenters. The van der Waals surface area contributed by atoms with Crippen molar-refractivity contribution in [3.8, 4) is 0 Å². The van der Waals surface area contributed by atoms with E-state index in [-0.39, 0.29) is 23.9 Å². The van der Waals surface area contributed by atoms with Gasteiger partial charge in [0.05, 0.1) is 29.0 Å². The fourth-order valence-electron chi connectivity index (χ4n) is 2.97. The molecule has 0 N–H and O–H groups in total. The van der Waals surface area contributed by atoms with Crippen LogP contribution in [-0.2, 0) is 4.74 Å². The highest BCUT2D eigenvalue weighted by Gasteiger charge is 2.27. The Morgan fingerprint density at radius 2 is 1.95 bits per heavy atom. The van der Waals surface area contributed by atoms with Gasteiger partial charge >= 0.3 is 0 Å². The highest BCUT2D eigenvalue weighted by Crippen LogP contribution is 2.21. The second kappa shape index (κ2) is 5.65. The number of aryl methyl sites for hydroxylation is 1. The van der Waals surface area contributed by atoms with Crippen LogP contribution in [0, 0.1) is 12.7 Å². The molecule has 0 aliphatic carbocycles.